The van der Waals surface area contributed by atoms with E-state index in [0.717, 1.165) is 36.5 Å². The normalized spacial score (nSPS) is 12.0. The molecule has 0 aliphatic rings. The van der Waals surface area contributed by atoms with Crippen molar-refractivity contribution in [1.82, 2.24) is 0 Å². The van der Waals surface area contributed by atoms with Gasteiger partial charge in [-0.25, -0.2) is 4.57 Å². The molecule has 0 unspecified atom stereocenters. The van der Waals surface area contributed by atoms with E-state index in [1.807, 2.05) is 35.3 Å². The van der Waals surface area contributed by atoms with Crippen LogP contribution in [0.4, 0.5) is 0 Å². The van der Waals surface area contributed by atoms with Gasteiger partial charge in [-0.3, -0.25) is 13.6 Å². The van der Waals surface area contributed by atoms with Crippen LogP contribution in [0.2, 0.25) is 0 Å². The fraction of sp³-hybridized carbons (Fsp3) is 1.00. The summed E-state index contributed by atoms with van der Waals surface area (Å²) in [6.07, 6.45) is 26.8. The quantitative estimate of drug-likeness (QED) is 0.0491. The molecule has 8 heteroatoms. The van der Waals surface area contributed by atoms with Gasteiger partial charge < -0.3 is 0 Å². The first kappa shape index (κ1) is 42.2. The van der Waals surface area contributed by atoms with Crippen molar-refractivity contribution in [2.24, 2.45) is 0 Å². The van der Waals surface area contributed by atoms with E-state index in [2.05, 4.69) is 20.8 Å². The summed E-state index contributed by atoms with van der Waals surface area (Å²) in [6, 6.07) is 0. The largest absolute Gasteiger partial charge is 0.474 e. The van der Waals surface area contributed by atoms with Crippen LogP contribution in [0.1, 0.15) is 156 Å². The summed E-state index contributed by atoms with van der Waals surface area (Å²) >= 11 is 5.95. The monoisotopic (exact) mass is 656 g/mol. The minimum Gasteiger partial charge on any atom is -0.287 e. The Morgan fingerprint density at radius 2 is 0.610 bits per heavy atom. The summed E-state index contributed by atoms with van der Waals surface area (Å²) in [4.78, 5) is 0. The molecule has 0 heterocycles. The highest BCUT2D eigenvalue weighted by Gasteiger charge is 2.26. The fourth-order valence-electron chi connectivity index (χ4n) is 4.38. The molecule has 0 aromatic carbocycles. The Morgan fingerprint density at radius 3 is 0.902 bits per heavy atom. The SMILES string of the molecule is CCCCCCCCSCCCOP(=O)(OCCCSCCCCCCCC)OCCCSCCCCCCCC. The second kappa shape index (κ2) is 35.6. The lowest BCUT2D eigenvalue weighted by atomic mass is 10.1. The minimum absolute atomic E-state index is 0.445. The number of rotatable bonds is 36. The van der Waals surface area contributed by atoms with Crippen LogP contribution >= 0.6 is 43.1 Å². The average Bonchev–Trinajstić information content (AvgIpc) is 2.97. The molecule has 0 saturated carbocycles. The number of phosphoric ester groups is 1. The Kier molecular flexibility index (Phi) is 36.6. The molecule has 0 fully saturated rings. The Bertz CT molecular complexity index is 471. The summed E-state index contributed by atoms with van der Waals surface area (Å²) in [6.45, 7) is 8.13. The van der Waals surface area contributed by atoms with Gasteiger partial charge in [0.1, 0.15) is 0 Å². The highest BCUT2D eigenvalue weighted by molar-refractivity contribution is 7.99. The molecule has 0 bridgehead atoms. The summed E-state index contributed by atoms with van der Waals surface area (Å²) in [5.74, 6) is 6.76. The molecule has 0 aliphatic carbocycles. The van der Waals surface area contributed by atoms with Crippen LogP contribution in [0, 0.1) is 0 Å². The molecule has 0 atom stereocenters. The molecule has 0 radical (unpaired) electrons. The van der Waals surface area contributed by atoms with Gasteiger partial charge in [-0.15, -0.1) is 0 Å². The van der Waals surface area contributed by atoms with Crippen molar-refractivity contribution >= 4 is 43.1 Å². The van der Waals surface area contributed by atoms with Gasteiger partial charge in [-0.1, -0.05) is 117 Å². The van der Waals surface area contributed by atoms with Crippen LogP contribution in [0.3, 0.4) is 0 Å². The minimum atomic E-state index is -3.48. The zero-order valence-electron chi connectivity index (χ0n) is 27.5. The maximum absolute atomic E-state index is 13.3. The first-order valence-electron chi connectivity index (χ1n) is 17.4. The zero-order valence-corrected chi connectivity index (χ0v) is 30.9. The highest BCUT2D eigenvalue weighted by atomic mass is 32.2. The lowest BCUT2D eigenvalue weighted by Crippen LogP contribution is -2.06. The van der Waals surface area contributed by atoms with E-state index >= 15 is 0 Å². The molecular formula is C33H69O4PS3. The molecule has 41 heavy (non-hydrogen) atoms. The molecule has 0 N–H and O–H groups in total. The van der Waals surface area contributed by atoms with Crippen molar-refractivity contribution in [3.05, 3.63) is 0 Å². The predicted octanol–water partition coefficient (Wildman–Crippen LogP) is 12.6. The van der Waals surface area contributed by atoms with Gasteiger partial charge in [0.25, 0.3) is 0 Å². The predicted molar refractivity (Wildman–Crippen MR) is 191 cm³/mol. The third-order valence-corrected chi connectivity index (χ3v) is 11.9. The molecule has 0 aromatic rings. The summed E-state index contributed by atoms with van der Waals surface area (Å²) < 4.78 is 30.6. The van der Waals surface area contributed by atoms with Gasteiger partial charge in [-0.2, -0.15) is 35.3 Å². The maximum Gasteiger partial charge on any atom is 0.474 e. The van der Waals surface area contributed by atoms with Crippen LogP contribution < -0.4 is 0 Å². The Balaban J connectivity index is 4.07. The van der Waals surface area contributed by atoms with Crippen LogP contribution in [0.5, 0.6) is 0 Å². The third-order valence-electron chi connectivity index (χ3n) is 6.97. The Morgan fingerprint density at radius 1 is 0.366 bits per heavy atom. The number of thioether (sulfide) groups is 3. The highest BCUT2D eigenvalue weighted by Crippen LogP contribution is 2.49. The zero-order chi connectivity index (χ0) is 30.0. The van der Waals surface area contributed by atoms with Gasteiger partial charge >= 0.3 is 7.82 Å². The van der Waals surface area contributed by atoms with Gasteiger partial charge in [0.15, 0.2) is 0 Å². The van der Waals surface area contributed by atoms with Crippen LogP contribution in [-0.2, 0) is 18.1 Å². The van der Waals surface area contributed by atoms with E-state index in [4.69, 9.17) is 13.6 Å². The molecule has 0 rings (SSSR count). The maximum atomic E-state index is 13.3. The van der Waals surface area contributed by atoms with E-state index in [0.29, 0.717) is 19.8 Å². The number of hydrogen-bond donors (Lipinski definition) is 0. The van der Waals surface area contributed by atoms with Crippen molar-refractivity contribution in [2.45, 2.75) is 156 Å². The van der Waals surface area contributed by atoms with Crippen molar-refractivity contribution in [1.29, 1.82) is 0 Å². The van der Waals surface area contributed by atoms with Gasteiger partial charge in [0.2, 0.25) is 0 Å². The van der Waals surface area contributed by atoms with E-state index in [-0.39, 0.29) is 0 Å². The number of unbranched alkanes of at least 4 members (excludes halogenated alkanes) is 15. The van der Waals surface area contributed by atoms with Crippen LogP contribution in [-0.4, -0.2) is 54.3 Å². The molecule has 0 amide bonds. The summed E-state index contributed by atoms with van der Waals surface area (Å²) in [7, 11) is -3.48. The van der Waals surface area contributed by atoms with E-state index < -0.39 is 7.82 Å². The number of phosphoric acid groups is 1. The fourth-order valence-corrected chi connectivity index (χ4v) is 8.47. The second-order valence-corrected chi connectivity index (χ2v) is 16.5. The third kappa shape index (κ3) is 33.9. The van der Waals surface area contributed by atoms with Gasteiger partial charge in [0.05, 0.1) is 19.8 Å². The summed E-state index contributed by atoms with van der Waals surface area (Å²) in [5, 5.41) is 0. The molecule has 0 aromatic heterocycles. The summed E-state index contributed by atoms with van der Waals surface area (Å²) in [5.41, 5.74) is 0. The second-order valence-electron chi connectivity index (χ2n) is 11.1. The Hall–Kier alpha value is 1.16. The van der Waals surface area contributed by atoms with Crippen molar-refractivity contribution in [2.75, 3.05) is 54.3 Å². The molecular weight excluding hydrogens is 588 g/mol. The average molecular weight is 657 g/mol. The lowest BCUT2D eigenvalue weighted by Gasteiger charge is -2.18. The van der Waals surface area contributed by atoms with E-state index in [1.54, 1.807) is 0 Å². The van der Waals surface area contributed by atoms with Gasteiger partial charge in [-0.05, 0) is 73.0 Å². The topological polar surface area (TPSA) is 44.8 Å². The first-order valence-corrected chi connectivity index (χ1v) is 22.4. The van der Waals surface area contributed by atoms with E-state index in [9.17, 15) is 4.57 Å². The van der Waals surface area contributed by atoms with Gasteiger partial charge in [0, 0.05) is 0 Å². The molecule has 0 spiro atoms. The van der Waals surface area contributed by atoms with E-state index in [1.165, 1.54) is 133 Å². The number of hydrogen-bond acceptors (Lipinski definition) is 7. The van der Waals surface area contributed by atoms with Crippen molar-refractivity contribution < 1.29 is 18.1 Å². The molecule has 248 valence electrons. The molecule has 0 saturated heterocycles. The van der Waals surface area contributed by atoms with Crippen LogP contribution in [0.15, 0.2) is 0 Å². The standard InChI is InChI=1S/C33H69O4PS3/c1-4-7-10-13-16-19-28-39-31-22-25-35-38(34,36-26-23-32-40-29-20-17-14-11-8-5-2)37-27-24-33-41-30-21-18-15-12-9-6-3/h4-33H2,1-3H3. The van der Waals surface area contributed by atoms with Crippen molar-refractivity contribution in [3.8, 4) is 0 Å². The smallest absolute Gasteiger partial charge is 0.287 e. The molecule has 4 nitrogen and oxygen atoms in total. The van der Waals surface area contributed by atoms with Crippen molar-refractivity contribution in [3.63, 3.8) is 0 Å². The lowest BCUT2D eigenvalue weighted by molar-refractivity contribution is 0.114. The molecule has 0 aliphatic heterocycles. The van der Waals surface area contributed by atoms with Crippen LogP contribution in [0.25, 0.3) is 0 Å². The Labute approximate surface area is 270 Å². The first-order chi connectivity index (χ1) is 20.2.